The average Bonchev–Trinajstić information content (AvgIpc) is 2.22. The van der Waals surface area contributed by atoms with Crippen LogP contribution in [0.25, 0.3) is 0 Å². The second-order valence-electron chi connectivity index (χ2n) is 4.41. The van der Waals surface area contributed by atoms with Crippen molar-refractivity contribution in [2.24, 2.45) is 0 Å². The molecule has 0 spiro atoms. The molecule has 4 heteroatoms. The Labute approximate surface area is 95.5 Å². The summed E-state index contributed by atoms with van der Waals surface area (Å²) < 4.78 is 12.9. The first-order valence-corrected chi connectivity index (χ1v) is 6.09. The second kappa shape index (κ2) is 5.77. The Kier molecular flexibility index (Phi) is 4.08. The van der Waals surface area contributed by atoms with Crippen molar-refractivity contribution in [1.82, 2.24) is 9.97 Å². The van der Waals surface area contributed by atoms with E-state index in [9.17, 15) is 4.39 Å². The fourth-order valence-corrected chi connectivity index (χ4v) is 2.22. The molecule has 1 aliphatic carbocycles. The van der Waals surface area contributed by atoms with Crippen LogP contribution < -0.4 is 5.32 Å². The van der Waals surface area contributed by atoms with Gasteiger partial charge in [0.15, 0.2) is 0 Å². The Morgan fingerprint density at radius 2 is 1.75 bits per heavy atom. The molecule has 0 atom stereocenters. The summed E-state index contributed by atoms with van der Waals surface area (Å²) in [7, 11) is 0. The molecule has 0 amide bonds. The quantitative estimate of drug-likeness (QED) is 0.783. The molecular weight excluding hydrogens is 205 g/mol. The van der Waals surface area contributed by atoms with Gasteiger partial charge in [0.05, 0.1) is 0 Å². The van der Waals surface area contributed by atoms with Gasteiger partial charge in [-0.05, 0) is 12.8 Å². The summed E-state index contributed by atoms with van der Waals surface area (Å²) in [6.45, 7) is 0. The lowest BCUT2D eigenvalue weighted by molar-refractivity contribution is 0.470. The molecule has 1 saturated carbocycles. The van der Waals surface area contributed by atoms with Crippen molar-refractivity contribution < 1.29 is 4.39 Å². The SMILES string of the molecule is Fc1cc(NC2CCCCCCC2)ncn1. The van der Waals surface area contributed by atoms with E-state index in [0.717, 1.165) is 12.8 Å². The minimum atomic E-state index is -0.469. The highest BCUT2D eigenvalue weighted by Crippen LogP contribution is 2.19. The lowest BCUT2D eigenvalue weighted by Crippen LogP contribution is -2.21. The fourth-order valence-electron chi connectivity index (χ4n) is 2.22. The van der Waals surface area contributed by atoms with Crippen LogP contribution in [0.5, 0.6) is 0 Å². The van der Waals surface area contributed by atoms with Gasteiger partial charge < -0.3 is 5.32 Å². The molecule has 2 rings (SSSR count). The maximum Gasteiger partial charge on any atom is 0.217 e. The van der Waals surface area contributed by atoms with Gasteiger partial charge in [0.1, 0.15) is 12.1 Å². The molecule has 0 aromatic carbocycles. The number of nitrogens with zero attached hydrogens (tertiary/aromatic N) is 2. The van der Waals surface area contributed by atoms with Crippen LogP contribution in [0.2, 0.25) is 0 Å². The molecule has 1 N–H and O–H groups in total. The van der Waals surface area contributed by atoms with Crippen molar-refractivity contribution in [2.75, 3.05) is 5.32 Å². The summed E-state index contributed by atoms with van der Waals surface area (Å²) in [6.07, 6.45) is 10.1. The van der Waals surface area contributed by atoms with Gasteiger partial charge in [0.2, 0.25) is 5.95 Å². The van der Waals surface area contributed by atoms with E-state index in [1.165, 1.54) is 44.5 Å². The van der Waals surface area contributed by atoms with Gasteiger partial charge in [-0.15, -0.1) is 0 Å². The standard InChI is InChI=1S/C12H18FN3/c13-11-8-12(15-9-14-11)16-10-6-4-2-1-3-5-7-10/h8-10H,1-7H2,(H,14,15,16). The van der Waals surface area contributed by atoms with Gasteiger partial charge in [-0.25, -0.2) is 9.97 Å². The monoisotopic (exact) mass is 223 g/mol. The number of hydrogen-bond donors (Lipinski definition) is 1. The van der Waals surface area contributed by atoms with E-state index in [1.54, 1.807) is 0 Å². The van der Waals surface area contributed by atoms with E-state index in [2.05, 4.69) is 15.3 Å². The molecule has 88 valence electrons. The van der Waals surface area contributed by atoms with Gasteiger partial charge in [-0.3, -0.25) is 0 Å². The molecule has 0 aliphatic heterocycles. The van der Waals surface area contributed by atoms with Crippen molar-refractivity contribution in [2.45, 2.75) is 51.0 Å². The fraction of sp³-hybridized carbons (Fsp3) is 0.667. The number of rotatable bonds is 2. The average molecular weight is 223 g/mol. The smallest absolute Gasteiger partial charge is 0.217 e. The topological polar surface area (TPSA) is 37.8 Å². The third-order valence-corrected chi connectivity index (χ3v) is 3.09. The Balaban J connectivity index is 1.91. The van der Waals surface area contributed by atoms with E-state index < -0.39 is 5.95 Å². The highest BCUT2D eigenvalue weighted by Gasteiger charge is 2.11. The van der Waals surface area contributed by atoms with Crippen molar-refractivity contribution in [3.8, 4) is 0 Å². The van der Waals surface area contributed by atoms with Gasteiger partial charge >= 0.3 is 0 Å². The highest BCUT2D eigenvalue weighted by atomic mass is 19.1. The maximum absolute atomic E-state index is 12.9. The summed E-state index contributed by atoms with van der Waals surface area (Å²) in [5.41, 5.74) is 0. The van der Waals surface area contributed by atoms with Crippen LogP contribution in [-0.2, 0) is 0 Å². The molecule has 1 aromatic heterocycles. The van der Waals surface area contributed by atoms with Gasteiger partial charge in [0.25, 0.3) is 0 Å². The third-order valence-electron chi connectivity index (χ3n) is 3.09. The van der Waals surface area contributed by atoms with Gasteiger partial charge in [-0.1, -0.05) is 32.1 Å². The lowest BCUT2D eigenvalue weighted by Gasteiger charge is -2.21. The van der Waals surface area contributed by atoms with Crippen LogP contribution in [0.15, 0.2) is 12.4 Å². The summed E-state index contributed by atoms with van der Waals surface area (Å²) in [4.78, 5) is 7.47. The van der Waals surface area contributed by atoms with E-state index in [1.807, 2.05) is 0 Å². The molecule has 1 aromatic rings. The van der Waals surface area contributed by atoms with E-state index in [-0.39, 0.29) is 0 Å². The highest BCUT2D eigenvalue weighted by molar-refractivity contribution is 5.33. The van der Waals surface area contributed by atoms with Crippen molar-refractivity contribution in [1.29, 1.82) is 0 Å². The minimum Gasteiger partial charge on any atom is -0.367 e. The largest absolute Gasteiger partial charge is 0.367 e. The molecule has 3 nitrogen and oxygen atoms in total. The number of nitrogens with one attached hydrogen (secondary N) is 1. The van der Waals surface area contributed by atoms with Gasteiger partial charge in [0, 0.05) is 12.1 Å². The van der Waals surface area contributed by atoms with Crippen LogP contribution in [0.4, 0.5) is 10.2 Å². The summed E-state index contributed by atoms with van der Waals surface area (Å²) >= 11 is 0. The Hall–Kier alpha value is -1.19. The first-order chi connectivity index (χ1) is 7.84. The molecule has 0 saturated heterocycles. The van der Waals surface area contributed by atoms with Crippen LogP contribution in [0.3, 0.4) is 0 Å². The summed E-state index contributed by atoms with van der Waals surface area (Å²) in [6, 6.07) is 1.80. The van der Waals surface area contributed by atoms with Crippen LogP contribution in [0.1, 0.15) is 44.9 Å². The molecule has 1 heterocycles. The van der Waals surface area contributed by atoms with E-state index in [4.69, 9.17) is 0 Å². The Bertz CT molecular complexity index is 322. The molecule has 1 aliphatic rings. The molecular formula is C12H18FN3. The van der Waals surface area contributed by atoms with Crippen LogP contribution in [0, 0.1) is 5.95 Å². The second-order valence-corrected chi connectivity index (χ2v) is 4.41. The maximum atomic E-state index is 12.9. The first kappa shape index (κ1) is 11.3. The zero-order chi connectivity index (χ0) is 11.2. The number of aromatic nitrogens is 2. The Morgan fingerprint density at radius 3 is 2.44 bits per heavy atom. The molecule has 16 heavy (non-hydrogen) atoms. The third kappa shape index (κ3) is 3.43. The number of hydrogen-bond acceptors (Lipinski definition) is 3. The van der Waals surface area contributed by atoms with E-state index in [0.29, 0.717) is 11.9 Å². The van der Waals surface area contributed by atoms with Crippen molar-refractivity contribution in [3.05, 3.63) is 18.3 Å². The number of anilines is 1. The summed E-state index contributed by atoms with van der Waals surface area (Å²) in [5.74, 6) is 0.140. The predicted molar refractivity (Wildman–Crippen MR) is 61.7 cm³/mol. The van der Waals surface area contributed by atoms with E-state index >= 15 is 0 Å². The van der Waals surface area contributed by atoms with Crippen molar-refractivity contribution >= 4 is 5.82 Å². The van der Waals surface area contributed by atoms with Crippen LogP contribution in [-0.4, -0.2) is 16.0 Å². The number of halogens is 1. The van der Waals surface area contributed by atoms with Gasteiger partial charge in [-0.2, -0.15) is 4.39 Å². The normalized spacial score (nSPS) is 18.8. The molecule has 0 bridgehead atoms. The zero-order valence-electron chi connectivity index (χ0n) is 9.45. The van der Waals surface area contributed by atoms with Crippen molar-refractivity contribution in [3.63, 3.8) is 0 Å². The minimum absolute atomic E-state index is 0.439. The lowest BCUT2D eigenvalue weighted by atomic mass is 9.97. The molecule has 1 fully saturated rings. The zero-order valence-corrected chi connectivity index (χ0v) is 9.45. The molecule has 0 unspecified atom stereocenters. The Morgan fingerprint density at radius 1 is 1.06 bits per heavy atom. The first-order valence-electron chi connectivity index (χ1n) is 6.09. The van der Waals surface area contributed by atoms with Crippen LogP contribution >= 0.6 is 0 Å². The predicted octanol–water partition coefficient (Wildman–Crippen LogP) is 3.14. The summed E-state index contributed by atoms with van der Waals surface area (Å²) in [5, 5.41) is 3.30. The molecule has 0 radical (unpaired) electrons.